The van der Waals surface area contributed by atoms with Crippen molar-refractivity contribution in [1.82, 2.24) is 9.80 Å². The van der Waals surface area contributed by atoms with Gasteiger partial charge < -0.3 is 20.4 Å². The fourth-order valence-corrected chi connectivity index (χ4v) is 0.813. The highest BCUT2D eigenvalue weighted by Gasteiger charge is 2.24. The van der Waals surface area contributed by atoms with Gasteiger partial charge in [-0.3, -0.25) is 9.69 Å². The highest BCUT2D eigenvalue weighted by molar-refractivity contribution is 5.94. The number of nitrogens with zero attached hydrogens (tertiary/aromatic N) is 2. The summed E-state index contributed by atoms with van der Waals surface area (Å²) in [4.78, 5) is 23.4. The third kappa shape index (κ3) is 3.80. The number of imide groups is 1. The van der Waals surface area contributed by atoms with E-state index in [0.717, 1.165) is 0 Å². The molecule has 0 heterocycles. The molecule has 0 saturated carbocycles. The molecule has 0 saturated heterocycles. The zero-order valence-corrected chi connectivity index (χ0v) is 8.04. The van der Waals surface area contributed by atoms with Crippen LogP contribution in [0.3, 0.4) is 0 Å². The molecule has 0 radical (unpaired) electrons. The third-order valence-corrected chi connectivity index (χ3v) is 1.61. The highest BCUT2D eigenvalue weighted by Crippen LogP contribution is 2.00. The van der Waals surface area contributed by atoms with Gasteiger partial charge in [0.2, 0.25) is 5.91 Å². The van der Waals surface area contributed by atoms with E-state index in [2.05, 4.69) is 0 Å². The minimum atomic E-state index is -1.03. The van der Waals surface area contributed by atoms with Crippen molar-refractivity contribution >= 4 is 11.9 Å². The number of carbonyl (C=O) groups excluding carboxylic acids is 2. The zero-order chi connectivity index (χ0) is 11.8. The lowest BCUT2D eigenvalue weighted by atomic mass is 10.4. The number of hydrogen-bond acceptors (Lipinski definition) is 6. The lowest BCUT2D eigenvalue weighted by Gasteiger charge is -2.24. The van der Waals surface area contributed by atoms with E-state index in [4.69, 9.17) is 20.4 Å². The van der Waals surface area contributed by atoms with Crippen molar-refractivity contribution in [2.75, 3.05) is 26.8 Å². The molecule has 0 fully saturated rings. The van der Waals surface area contributed by atoms with Crippen molar-refractivity contribution in [1.29, 1.82) is 0 Å². The molecule has 0 aliphatic rings. The first-order chi connectivity index (χ1) is 7.12. The Labute approximate surface area is 85.9 Å². The van der Waals surface area contributed by atoms with Crippen LogP contribution in [-0.2, 0) is 4.79 Å². The van der Waals surface area contributed by atoms with Crippen molar-refractivity contribution in [3.63, 3.8) is 0 Å². The molecule has 0 unspecified atom stereocenters. The minimum Gasteiger partial charge on any atom is -0.396 e. The molecular formula is C7H14N2O6. The Morgan fingerprint density at radius 3 is 1.80 bits per heavy atom. The van der Waals surface area contributed by atoms with Crippen molar-refractivity contribution in [3.8, 4) is 0 Å². The third-order valence-electron chi connectivity index (χ3n) is 1.61. The van der Waals surface area contributed by atoms with Crippen LogP contribution in [0.25, 0.3) is 0 Å². The van der Waals surface area contributed by atoms with Gasteiger partial charge in [-0.15, -0.1) is 0 Å². The van der Waals surface area contributed by atoms with E-state index in [9.17, 15) is 9.59 Å². The first-order valence-corrected chi connectivity index (χ1v) is 4.15. The number of rotatable bonds is 5. The topological polar surface area (TPSA) is 122 Å². The van der Waals surface area contributed by atoms with Crippen LogP contribution >= 0.6 is 0 Å². The second kappa shape index (κ2) is 7.12. The molecule has 4 N–H and O–H groups in total. The lowest BCUT2D eigenvalue weighted by molar-refractivity contribution is -0.132. The van der Waals surface area contributed by atoms with E-state index >= 15 is 0 Å². The van der Waals surface area contributed by atoms with Crippen LogP contribution in [-0.4, -0.2) is 69.0 Å². The number of hydrogen-bond donors (Lipinski definition) is 4. The summed E-state index contributed by atoms with van der Waals surface area (Å²) in [6, 6.07) is -1.03. The first kappa shape index (κ1) is 13.8. The maximum absolute atomic E-state index is 11.3. The fourth-order valence-electron chi connectivity index (χ4n) is 0.813. The summed E-state index contributed by atoms with van der Waals surface area (Å²) in [5.74, 6) is -0.795. The minimum absolute atomic E-state index is 0.322. The Morgan fingerprint density at radius 2 is 1.47 bits per heavy atom. The van der Waals surface area contributed by atoms with Gasteiger partial charge in [0.15, 0.2) is 0 Å². The highest BCUT2D eigenvalue weighted by atomic mass is 16.3. The summed E-state index contributed by atoms with van der Waals surface area (Å²) < 4.78 is 0. The van der Waals surface area contributed by atoms with Crippen LogP contribution in [0.1, 0.15) is 6.42 Å². The molecule has 15 heavy (non-hydrogen) atoms. The molecule has 0 atom stereocenters. The molecule has 0 aromatic rings. The van der Waals surface area contributed by atoms with Gasteiger partial charge in [0.05, 0.1) is 13.0 Å². The molecular weight excluding hydrogens is 208 g/mol. The van der Waals surface area contributed by atoms with Gasteiger partial charge in [-0.2, -0.15) is 0 Å². The molecule has 3 amide bonds. The first-order valence-electron chi connectivity index (χ1n) is 4.15. The Kier molecular flexibility index (Phi) is 6.54. The SMILES string of the molecule is O=C(CCO)N(CO)C(=O)N(CO)CO. The summed E-state index contributed by atoms with van der Waals surface area (Å²) in [6.45, 7) is -2.90. The average molecular weight is 222 g/mol. The molecule has 0 bridgehead atoms. The molecule has 0 aromatic heterocycles. The molecule has 0 spiro atoms. The van der Waals surface area contributed by atoms with Gasteiger partial charge in [-0.1, -0.05) is 0 Å². The van der Waals surface area contributed by atoms with E-state index in [0.29, 0.717) is 9.80 Å². The van der Waals surface area contributed by atoms with Crippen molar-refractivity contribution in [2.45, 2.75) is 6.42 Å². The smallest absolute Gasteiger partial charge is 0.332 e. The second-order valence-electron chi connectivity index (χ2n) is 2.54. The van der Waals surface area contributed by atoms with E-state index in [1.165, 1.54) is 0 Å². The molecule has 0 aliphatic carbocycles. The molecule has 0 aromatic carbocycles. The number of carbonyl (C=O) groups is 2. The number of aliphatic hydroxyl groups excluding tert-OH is 4. The van der Waals surface area contributed by atoms with Crippen LogP contribution in [0.5, 0.6) is 0 Å². The Bertz CT molecular complexity index is 218. The van der Waals surface area contributed by atoms with Gasteiger partial charge in [-0.25, -0.2) is 9.69 Å². The molecule has 8 nitrogen and oxygen atoms in total. The second-order valence-corrected chi connectivity index (χ2v) is 2.54. The van der Waals surface area contributed by atoms with Gasteiger partial charge in [0.1, 0.15) is 20.2 Å². The van der Waals surface area contributed by atoms with Crippen molar-refractivity contribution in [2.24, 2.45) is 0 Å². The number of amides is 3. The van der Waals surface area contributed by atoms with E-state index in [1.54, 1.807) is 0 Å². The summed E-state index contributed by atoms with van der Waals surface area (Å²) in [5.41, 5.74) is 0. The summed E-state index contributed by atoms with van der Waals surface area (Å²) >= 11 is 0. The monoisotopic (exact) mass is 222 g/mol. The van der Waals surface area contributed by atoms with Crippen molar-refractivity contribution < 1.29 is 30.0 Å². The Morgan fingerprint density at radius 1 is 0.933 bits per heavy atom. The van der Waals surface area contributed by atoms with Crippen LogP contribution in [0.15, 0.2) is 0 Å². The maximum atomic E-state index is 11.3. The van der Waals surface area contributed by atoms with Crippen LogP contribution in [0.4, 0.5) is 4.79 Å². The summed E-state index contributed by atoms with van der Waals surface area (Å²) in [6.07, 6.45) is -0.322. The quantitative estimate of drug-likeness (QED) is 0.380. The van der Waals surface area contributed by atoms with Crippen LogP contribution in [0.2, 0.25) is 0 Å². The maximum Gasteiger partial charge on any atom is 0.332 e. The largest absolute Gasteiger partial charge is 0.396 e. The fraction of sp³-hybridized carbons (Fsp3) is 0.714. The summed E-state index contributed by atoms with van der Waals surface area (Å²) in [5, 5.41) is 34.5. The van der Waals surface area contributed by atoms with Crippen LogP contribution < -0.4 is 0 Å². The average Bonchev–Trinajstić information content (AvgIpc) is 2.21. The van der Waals surface area contributed by atoms with Gasteiger partial charge in [-0.05, 0) is 0 Å². The molecule has 0 aliphatic heterocycles. The predicted molar refractivity (Wildman–Crippen MR) is 47.0 cm³/mol. The molecule has 88 valence electrons. The summed E-state index contributed by atoms with van der Waals surface area (Å²) in [7, 11) is 0. The molecule has 8 heteroatoms. The van der Waals surface area contributed by atoms with Gasteiger partial charge in [0.25, 0.3) is 0 Å². The lowest BCUT2D eigenvalue weighted by Crippen LogP contribution is -2.47. The number of urea groups is 1. The van der Waals surface area contributed by atoms with Crippen molar-refractivity contribution in [3.05, 3.63) is 0 Å². The Balaban J connectivity index is 4.51. The normalized spacial score (nSPS) is 9.87. The molecule has 0 rings (SSSR count). The van der Waals surface area contributed by atoms with E-state index in [1.807, 2.05) is 0 Å². The van der Waals surface area contributed by atoms with Crippen LogP contribution in [0, 0.1) is 0 Å². The van der Waals surface area contributed by atoms with Gasteiger partial charge >= 0.3 is 6.03 Å². The number of aliphatic hydroxyl groups is 4. The standard InChI is InChI=1S/C7H14N2O6/c10-2-1-6(14)9(5-13)7(15)8(3-11)4-12/h10-13H,1-5H2. The Hall–Kier alpha value is -1.22. The van der Waals surface area contributed by atoms with E-state index < -0.39 is 38.7 Å². The van der Waals surface area contributed by atoms with E-state index in [-0.39, 0.29) is 6.42 Å². The van der Waals surface area contributed by atoms with Gasteiger partial charge in [0, 0.05) is 0 Å². The zero-order valence-electron chi connectivity index (χ0n) is 8.04. The predicted octanol–water partition coefficient (Wildman–Crippen LogP) is -2.53.